The SMILES string of the molecule is CC(N)(CCO)c1ccc2c(c1)Cc1ccccc1-2. The minimum Gasteiger partial charge on any atom is -0.396 e. The highest BCUT2D eigenvalue weighted by Crippen LogP contribution is 2.38. The van der Waals surface area contributed by atoms with E-state index < -0.39 is 5.54 Å². The van der Waals surface area contributed by atoms with Crippen molar-refractivity contribution in [1.82, 2.24) is 0 Å². The summed E-state index contributed by atoms with van der Waals surface area (Å²) in [6.45, 7) is 2.09. The second kappa shape index (κ2) is 4.48. The molecule has 2 nitrogen and oxygen atoms in total. The van der Waals surface area contributed by atoms with E-state index in [1.54, 1.807) is 0 Å². The first kappa shape index (κ1) is 12.4. The molecule has 0 bridgehead atoms. The van der Waals surface area contributed by atoms with Crippen LogP contribution in [0.4, 0.5) is 0 Å². The Morgan fingerprint density at radius 1 is 1.11 bits per heavy atom. The standard InChI is InChI=1S/C17H19NO/c1-17(18,8-9-19)14-6-7-16-13(11-14)10-12-4-2-3-5-15(12)16/h2-7,11,19H,8-10,18H2,1H3. The average Bonchev–Trinajstić information content (AvgIpc) is 2.76. The van der Waals surface area contributed by atoms with Gasteiger partial charge in [-0.2, -0.15) is 0 Å². The van der Waals surface area contributed by atoms with Gasteiger partial charge in [-0.25, -0.2) is 0 Å². The Morgan fingerprint density at radius 2 is 1.84 bits per heavy atom. The van der Waals surface area contributed by atoms with Crippen LogP contribution in [-0.2, 0) is 12.0 Å². The Hall–Kier alpha value is -1.64. The Bertz CT molecular complexity index is 616. The van der Waals surface area contributed by atoms with Crippen molar-refractivity contribution < 1.29 is 5.11 Å². The maximum Gasteiger partial charge on any atom is 0.0451 e. The van der Waals surface area contributed by atoms with Gasteiger partial charge in [0.2, 0.25) is 0 Å². The quantitative estimate of drug-likeness (QED) is 0.754. The lowest BCUT2D eigenvalue weighted by atomic mass is 9.88. The summed E-state index contributed by atoms with van der Waals surface area (Å²) in [6, 6.07) is 15.0. The van der Waals surface area contributed by atoms with Gasteiger partial charge in [-0.1, -0.05) is 42.5 Å². The first-order valence-corrected chi connectivity index (χ1v) is 6.73. The van der Waals surface area contributed by atoms with Crippen molar-refractivity contribution in [2.24, 2.45) is 5.73 Å². The molecule has 0 saturated heterocycles. The summed E-state index contributed by atoms with van der Waals surface area (Å²) in [7, 11) is 0. The molecular formula is C17H19NO. The van der Waals surface area contributed by atoms with E-state index in [0.29, 0.717) is 6.42 Å². The van der Waals surface area contributed by atoms with E-state index in [0.717, 1.165) is 12.0 Å². The minimum absolute atomic E-state index is 0.115. The van der Waals surface area contributed by atoms with Crippen molar-refractivity contribution in [3.8, 4) is 11.1 Å². The number of hydrogen-bond acceptors (Lipinski definition) is 2. The zero-order valence-corrected chi connectivity index (χ0v) is 11.2. The Morgan fingerprint density at radius 3 is 2.63 bits per heavy atom. The molecule has 1 unspecified atom stereocenters. The lowest BCUT2D eigenvalue weighted by molar-refractivity contribution is 0.247. The number of aliphatic hydroxyl groups is 1. The molecule has 2 aromatic carbocycles. The molecule has 0 spiro atoms. The molecule has 1 atom stereocenters. The Labute approximate surface area is 113 Å². The van der Waals surface area contributed by atoms with Gasteiger partial charge in [0.05, 0.1) is 0 Å². The summed E-state index contributed by atoms with van der Waals surface area (Å²) in [5.74, 6) is 0. The van der Waals surface area contributed by atoms with Crippen LogP contribution in [0.25, 0.3) is 11.1 Å². The molecular weight excluding hydrogens is 234 g/mol. The second-order valence-electron chi connectivity index (χ2n) is 5.60. The maximum absolute atomic E-state index is 9.12. The fourth-order valence-electron chi connectivity index (χ4n) is 2.88. The molecule has 0 saturated carbocycles. The fourth-order valence-corrected chi connectivity index (χ4v) is 2.88. The van der Waals surface area contributed by atoms with E-state index in [2.05, 4.69) is 42.5 Å². The second-order valence-corrected chi connectivity index (χ2v) is 5.60. The van der Waals surface area contributed by atoms with Crippen LogP contribution < -0.4 is 5.73 Å². The molecule has 1 aliphatic rings. The largest absolute Gasteiger partial charge is 0.396 e. The number of nitrogens with two attached hydrogens (primary N) is 1. The van der Waals surface area contributed by atoms with Gasteiger partial charge in [-0.3, -0.25) is 0 Å². The number of fused-ring (bicyclic) bond motifs is 3. The van der Waals surface area contributed by atoms with Crippen molar-refractivity contribution in [3.63, 3.8) is 0 Å². The van der Waals surface area contributed by atoms with Crippen molar-refractivity contribution >= 4 is 0 Å². The zero-order valence-electron chi connectivity index (χ0n) is 11.2. The highest BCUT2D eigenvalue weighted by atomic mass is 16.3. The molecule has 19 heavy (non-hydrogen) atoms. The summed E-state index contributed by atoms with van der Waals surface area (Å²) >= 11 is 0. The first-order chi connectivity index (χ1) is 9.12. The highest BCUT2D eigenvalue weighted by Gasteiger charge is 2.24. The summed E-state index contributed by atoms with van der Waals surface area (Å²) < 4.78 is 0. The van der Waals surface area contributed by atoms with Crippen molar-refractivity contribution in [1.29, 1.82) is 0 Å². The molecule has 98 valence electrons. The molecule has 3 rings (SSSR count). The van der Waals surface area contributed by atoms with E-state index in [4.69, 9.17) is 10.8 Å². The molecule has 1 aliphatic carbocycles. The predicted molar refractivity (Wildman–Crippen MR) is 77.9 cm³/mol. The van der Waals surface area contributed by atoms with Crippen LogP contribution in [-0.4, -0.2) is 11.7 Å². The molecule has 3 N–H and O–H groups in total. The van der Waals surface area contributed by atoms with Crippen LogP contribution in [0.3, 0.4) is 0 Å². The number of hydrogen-bond donors (Lipinski definition) is 2. The molecule has 0 aliphatic heterocycles. The zero-order chi connectivity index (χ0) is 13.5. The number of rotatable bonds is 3. The molecule has 2 heteroatoms. The van der Waals surface area contributed by atoms with E-state index in [9.17, 15) is 0 Å². The minimum atomic E-state index is -0.460. The van der Waals surface area contributed by atoms with E-state index >= 15 is 0 Å². The first-order valence-electron chi connectivity index (χ1n) is 6.73. The van der Waals surface area contributed by atoms with Gasteiger partial charge in [0, 0.05) is 12.1 Å². The van der Waals surface area contributed by atoms with Crippen molar-refractivity contribution in [3.05, 3.63) is 59.2 Å². The van der Waals surface area contributed by atoms with Gasteiger partial charge in [-0.05, 0) is 47.6 Å². The third-order valence-corrected chi connectivity index (χ3v) is 4.08. The molecule has 0 fully saturated rings. The van der Waals surface area contributed by atoms with E-state index in [1.165, 1.54) is 22.3 Å². The predicted octanol–water partition coefficient (Wildman–Crippen LogP) is 2.81. The van der Waals surface area contributed by atoms with Gasteiger partial charge in [0.1, 0.15) is 0 Å². The topological polar surface area (TPSA) is 46.2 Å². The third-order valence-electron chi connectivity index (χ3n) is 4.08. The summed E-state index contributed by atoms with van der Waals surface area (Å²) in [4.78, 5) is 0. The third kappa shape index (κ3) is 2.07. The summed E-state index contributed by atoms with van der Waals surface area (Å²) in [5, 5.41) is 9.12. The van der Waals surface area contributed by atoms with Gasteiger partial charge in [0.25, 0.3) is 0 Å². The van der Waals surface area contributed by atoms with Crippen LogP contribution in [0.1, 0.15) is 30.0 Å². The number of aliphatic hydroxyl groups excluding tert-OH is 1. The molecule has 2 aromatic rings. The van der Waals surface area contributed by atoms with Crippen LogP contribution in [0.15, 0.2) is 42.5 Å². The molecule has 0 aromatic heterocycles. The van der Waals surface area contributed by atoms with Gasteiger partial charge < -0.3 is 10.8 Å². The normalized spacial score (nSPS) is 15.7. The van der Waals surface area contributed by atoms with Gasteiger partial charge in [-0.15, -0.1) is 0 Å². The molecule has 0 amide bonds. The van der Waals surface area contributed by atoms with Crippen LogP contribution in [0, 0.1) is 0 Å². The van der Waals surface area contributed by atoms with Crippen molar-refractivity contribution in [2.75, 3.05) is 6.61 Å². The Balaban J connectivity index is 2.02. The summed E-state index contributed by atoms with van der Waals surface area (Å²) in [6.07, 6.45) is 1.56. The Kier molecular flexibility index (Phi) is 2.92. The van der Waals surface area contributed by atoms with E-state index in [1.807, 2.05) is 6.92 Å². The molecule has 0 heterocycles. The van der Waals surface area contributed by atoms with E-state index in [-0.39, 0.29) is 6.61 Å². The van der Waals surface area contributed by atoms with Crippen molar-refractivity contribution in [2.45, 2.75) is 25.3 Å². The maximum atomic E-state index is 9.12. The smallest absolute Gasteiger partial charge is 0.0451 e. The van der Waals surface area contributed by atoms with Gasteiger partial charge >= 0.3 is 0 Å². The fraction of sp³-hybridized carbons (Fsp3) is 0.294. The van der Waals surface area contributed by atoms with Crippen LogP contribution in [0.5, 0.6) is 0 Å². The van der Waals surface area contributed by atoms with Crippen LogP contribution >= 0.6 is 0 Å². The lowest BCUT2D eigenvalue weighted by Gasteiger charge is -2.25. The highest BCUT2D eigenvalue weighted by molar-refractivity contribution is 5.77. The molecule has 0 radical (unpaired) electrons. The lowest BCUT2D eigenvalue weighted by Crippen LogP contribution is -2.34. The van der Waals surface area contributed by atoms with Crippen LogP contribution in [0.2, 0.25) is 0 Å². The number of benzene rings is 2. The van der Waals surface area contributed by atoms with Gasteiger partial charge in [0.15, 0.2) is 0 Å². The average molecular weight is 253 g/mol. The monoisotopic (exact) mass is 253 g/mol. The summed E-state index contributed by atoms with van der Waals surface area (Å²) in [5.41, 5.74) is 12.3.